The number of amides is 1. The minimum atomic E-state index is -0.671. The predicted molar refractivity (Wildman–Crippen MR) is 127 cm³/mol. The molecule has 2 aromatic heterocycles. The largest absolute Gasteiger partial charge is 0.485 e. The van der Waals surface area contributed by atoms with Gasteiger partial charge < -0.3 is 14.8 Å². The molecule has 1 atom stereocenters. The van der Waals surface area contributed by atoms with Crippen molar-refractivity contribution in [1.29, 1.82) is 0 Å². The van der Waals surface area contributed by atoms with Crippen LogP contribution < -0.4 is 10.1 Å². The van der Waals surface area contributed by atoms with Crippen molar-refractivity contribution in [3.63, 3.8) is 0 Å². The summed E-state index contributed by atoms with van der Waals surface area (Å²) in [4.78, 5) is 17.8. The van der Waals surface area contributed by atoms with E-state index < -0.39 is 11.6 Å². The SMILES string of the molecule is CCCC[C@H](CCCCOC)NC(=O)c1c(C)nc2c(OCc3c(F)cccc3F)cccn12. The first-order chi connectivity index (χ1) is 16.5. The number of carbonyl (C=O) groups excluding carboxylic acids is 1. The number of fused-ring (bicyclic) bond motifs is 1. The van der Waals surface area contributed by atoms with Crippen LogP contribution in [0.15, 0.2) is 36.5 Å². The molecule has 1 N–H and O–H groups in total. The Balaban J connectivity index is 1.78. The molecule has 0 saturated heterocycles. The second-order valence-electron chi connectivity index (χ2n) is 8.40. The van der Waals surface area contributed by atoms with Gasteiger partial charge in [-0.15, -0.1) is 0 Å². The number of benzene rings is 1. The summed E-state index contributed by atoms with van der Waals surface area (Å²) >= 11 is 0. The molecule has 34 heavy (non-hydrogen) atoms. The number of rotatable bonds is 13. The van der Waals surface area contributed by atoms with Crippen LogP contribution in [0.4, 0.5) is 8.78 Å². The normalized spacial score (nSPS) is 12.1. The fourth-order valence-electron chi connectivity index (χ4n) is 3.99. The van der Waals surface area contributed by atoms with Gasteiger partial charge >= 0.3 is 0 Å². The molecule has 3 aromatic rings. The Bertz CT molecular complexity index is 1080. The van der Waals surface area contributed by atoms with E-state index >= 15 is 0 Å². The van der Waals surface area contributed by atoms with Gasteiger partial charge in [0.05, 0.1) is 11.3 Å². The summed E-state index contributed by atoms with van der Waals surface area (Å²) in [5, 5.41) is 3.18. The van der Waals surface area contributed by atoms with Crippen LogP contribution in [0.25, 0.3) is 5.65 Å². The highest BCUT2D eigenvalue weighted by Crippen LogP contribution is 2.24. The second-order valence-corrected chi connectivity index (χ2v) is 8.40. The maximum atomic E-state index is 14.0. The first kappa shape index (κ1) is 25.6. The van der Waals surface area contributed by atoms with Crippen LogP contribution >= 0.6 is 0 Å². The highest BCUT2D eigenvalue weighted by atomic mass is 19.1. The Morgan fingerprint density at radius 1 is 1.12 bits per heavy atom. The molecule has 0 radical (unpaired) electrons. The van der Waals surface area contributed by atoms with Crippen molar-refractivity contribution in [2.45, 2.75) is 65.0 Å². The fourth-order valence-corrected chi connectivity index (χ4v) is 3.99. The topological polar surface area (TPSA) is 64.9 Å². The maximum absolute atomic E-state index is 14.0. The second kappa shape index (κ2) is 12.5. The highest BCUT2D eigenvalue weighted by Gasteiger charge is 2.22. The number of imidazole rings is 1. The smallest absolute Gasteiger partial charge is 0.270 e. The van der Waals surface area contributed by atoms with Gasteiger partial charge in [-0.05, 0) is 56.9 Å². The van der Waals surface area contributed by atoms with E-state index in [1.807, 2.05) is 0 Å². The van der Waals surface area contributed by atoms with Gasteiger partial charge in [0.15, 0.2) is 11.4 Å². The average Bonchev–Trinajstić information content (AvgIpc) is 3.16. The Kier molecular flexibility index (Phi) is 9.39. The highest BCUT2D eigenvalue weighted by molar-refractivity contribution is 5.95. The van der Waals surface area contributed by atoms with Crippen LogP contribution in [0.1, 0.15) is 67.2 Å². The van der Waals surface area contributed by atoms with Crippen LogP contribution in [-0.2, 0) is 11.3 Å². The zero-order valence-electron chi connectivity index (χ0n) is 20.1. The molecule has 0 spiro atoms. The lowest BCUT2D eigenvalue weighted by Gasteiger charge is -2.19. The molecular weight excluding hydrogens is 440 g/mol. The summed E-state index contributed by atoms with van der Waals surface area (Å²) in [5.74, 6) is -1.20. The number of aromatic nitrogens is 2. The third-order valence-corrected chi connectivity index (χ3v) is 5.83. The number of nitrogens with zero attached hydrogens (tertiary/aromatic N) is 2. The van der Waals surface area contributed by atoms with Crippen LogP contribution in [0.5, 0.6) is 5.75 Å². The number of hydrogen-bond acceptors (Lipinski definition) is 4. The number of unbranched alkanes of at least 4 members (excludes halogenated alkanes) is 2. The molecule has 0 aliphatic carbocycles. The van der Waals surface area contributed by atoms with E-state index in [0.29, 0.717) is 29.4 Å². The summed E-state index contributed by atoms with van der Waals surface area (Å²) in [6, 6.07) is 7.14. The van der Waals surface area contributed by atoms with E-state index in [9.17, 15) is 13.6 Å². The van der Waals surface area contributed by atoms with Crippen molar-refractivity contribution in [3.05, 3.63) is 65.1 Å². The molecule has 0 saturated carbocycles. The Hall–Kier alpha value is -3.00. The summed E-state index contributed by atoms with van der Waals surface area (Å²) in [6.45, 7) is 4.32. The van der Waals surface area contributed by atoms with Crippen LogP contribution in [-0.4, -0.2) is 35.1 Å². The van der Waals surface area contributed by atoms with Crippen LogP contribution in [0.3, 0.4) is 0 Å². The standard InChI is InChI=1S/C26H33F2N3O3/c1-4-5-10-19(11-6-7-16-33-3)30-26(32)24-18(2)29-25-23(14-9-15-31(24)25)34-17-20-21(27)12-8-13-22(20)28/h8-9,12-15,19H,4-7,10-11,16-17H2,1-3H3,(H,30,32)/t19-/m1/s1. The average molecular weight is 474 g/mol. The van der Waals surface area contributed by atoms with Gasteiger partial charge in [0, 0.05) is 26.0 Å². The van der Waals surface area contributed by atoms with Gasteiger partial charge in [0.2, 0.25) is 0 Å². The summed E-state index contributed by atoms with van der Waals surface area (Å²) < 4.78 is 40.5. The van der Waals surface area contributed by atoms with E-state index in [0.717, 1.165) is 38.5 Å². The molecule has 6 nitrogen and oxygen atoms in total. The molecule has 0 fully saturated rings. The zero-order chi connectivity index (χ0) is 24.5. The number of aryl methyl sites for hydroxylation is 1. The van der Waals surface area contributed by atoms with E-state index in [-0.39, 0.29) is 24.1 Å². The van der Waals surface area contributed by atoms with E-state index in [1.54, 1.807) is 36.8 Å². The Labute approximate surface area is 199 Å². The Morgan fingerprint density at radius 2 is 1.85 bits per heavy atom. The van der Waals surface area contributed by atoms with Crippen molar-refractivity contribution < 1.29 is 23.0 Å². The monoisotopic (exact) mass is 473 g/mol. The number of carbonyl (C=O) groups is 1. The maximum Gasteiger partial charge on any atom is 0.270 e. The molecule has 0 unspecified atom stereocenters. The lowest BCUT2D eigenvalue weighted by atomic mass is 10.0. The third kappa shape index (κ3) is 6.32. The van der Waals surface area contributed by atoms with Crippen molar-refractivity contribution in [3.8, 4) is 5.75 Å². The fraction of sp³-hybridized carbons (Fsp3) is 0.462. The van der Waals surface area contributed by atoms with Crippen LogP contribution in [0.2, 0.25) is 0 Å². The number of hydrogen-bond donors (Lipinski definition) is 1. The molecule has 0 aliphatic rings. The van der Waals surface area contributed by atoms with E-state index in [4.69, 9.17) is 9.47 Å². The van der Waals surface area contributed by atoms with Gasteiger partial charge in [-0.1, -0.05) is 25.8 Å². The van der Waals surface area contributed by atoms with Crippen molar-refractivity contribution >= 4 is 11.6 Å². The molecule has 184 valence electrons. The van der Waals surface area contributed by atoms with Gasteiger partial charge in [-0.3, -0.25) is 9.20 Å². The predicted octanol–water partition coefficient (Wildman–Crippen LogP) is 5.61. The van der Waals surface area contributed by atoms with E-state index in [2.05, 4.69) is 17.2 Å². The number of methoxy groups -OCH3 is 1. The van der Waals surface area contributed by atoms with Gasteiger partial charge in [0.1, 0.15) is 23.9 Å². The molecular formula is C26H33F2N3O3. The molecule has 8 heteroatoms. The molecule has 1 aromatic carbocycles. The molecule has 0 bridgehead atoms. The number of pyridine rings is 1. The van der Waals surface area contributed by atoms with Crippen molar-refractivity contribution in [1.82, 2.24) is 14.7 Å². The minimum absolute atomic E-state index is 0.0673. The number of ether oxygens (including phenoxy) is 2. The molecule has 0 aliphatic heterocycles. The molecule has 2 heterocycles. The van der Waals surface area contributed by atoms with Crippen molar-refractivity contribution in [2.24, 2.45) is 0 Å². The molecule has 1 amide bonds. The number of halogens is 2. The summed E-state index contributed by atoms with van der Waals surface area (Å²) in [7, 11) is 1.69. The Morgan fingerprint density at radius 3 is 2.56 bits per heavy atom. The zero-order valence-corrected chi connectivity index (χ0v) is 20.1. The van der Waals surface area contributed by atoms with Gasteiger partial charge in [-0.25, -0.2) is 13.8 Å². The summed E-state index contributed by atoms with van der Waals surface area (Å²) in [5.41, 5.74) is 1.25. The summed E-state index contributed by atoms with van der Waals surface area (Å²) in [6.07, 6.45) is 7.54. The van der Waals surface area contributed by atoms with Crippen LogP contribution in [0, 0.1) is 18.6 Å². The number of nitrogens with one attached hydrogen (secondary N) is 1. The first-order valence-corrected chi connectivity index (χ1v) is 11.8. The van der Waals surface area contributed by atoms with Gasteiger partial charge in [-0.2, -0.15) is 0 Å². The lowest BCUT2D eigenvalue weighted by molar-refractivity contribution is 0.0924. The van der Waals surface area contributed by atoms with E-state index in [1.165, 1.54) is 18.2 Å². The minimum Gasteiger partial charge on any atom is -0.485 e. The quantitative estimate of drug-likeness (QED) is 0.328. The molecule has 3 rings (SSSR count). The first-order valence-electron chi connectivity index (χ1n) is 11.8. The van der Waals surface area contributed by atoms with Crippen molar-refractivity contribution in [2.75, 3.05) is 13.7 Å². The lowest BCUT2D eigenvalue weighted by Crippen LogP contribution is -2.36. The third-order valence-electron chi connectivity index (χ3n) is 5.83. The van der Waals surface area contributed by atoms with Gasteiger partial charge in [0.25, 0.3) is 5.91 Å².